The minimum absolute atomic E-state index is 0.0479. The summed E-state index contributed by atoms with van der Waals surface area (Å²) in [5, 5.41) is 0. The van der Waals surface area contributed by atoms with Crippen LogP contribution in [0.2, 0.25) is 0 Å². The largest absolute Gasteiger partial charge is 0.334 e. The Bertz CT molecular complexity index is 1030. The van der Waals surface area contributed by atoms with E-state index in [1.165, 1.54) is 32.1 Å². The molecule has 1 atom stereocenters. The van der Waals surface area contributed by atoms with Crippen LogP contribution in [-0.2, 0) is 13.0 Å². The predicted molar refractivity (Wildman–Crippen MR) is 118 cm³/mol. The van der Waals surface area contributed by atoms with Crippen LogP contribution in [0.1, 0.15) is 84.0 Å². The number of pyridine rings is 1. The van der Waals surface area contributed by atoms with Crippen LogP contribution >= 0.6 is 0 Å². The topological polar surface area (TPSA) is 82.2 Å². The van der Waals surface area contributed by atoms with Gasteiger partial charge in [0.25, 0.3) is 11.5 Å². The molecular weight excluding hydrogens is 390 g/mol. The maximum Gasteiger partial charge on any atom is 0.256 e. The molecule has 1 unspecified atom stereocenters. The first-order valence-corrected chi connectivity index (χ1v) is 11.7. The molecule has 7 nitrogen and oxygen atoms in total. The number of rotatable bonds is 3. The number of aromatic nitrogens is 3. The average Bonchev–Trinajstić information content (AvgIpc) is 3.29. The fourth-order valence-corrected chi connectivity index (χ4v) is 5.59. The Balaban J connectivity index is 1.37. The van der Waals surface area contributed by atoms with Crippen molar-refractivity contribution < 1.29 is 4.79 Å². The maximum atomic E-state index is 13.0. The molecule has 1 saturated heterocycles. The van der Waals surface area contributed by atoms with Crippen LogP contribution in [-0.4, -0.2) is 49.8 Å². The average molecular weight is 422 g/mol. The van der Waals surface area contributed by atoms with Gasteiger partial charge >= 0.3 is 0 Å². The van der Waals surface area contributed by atoms with E-state index in [9.17, 15) is 9.59 Å². The number of likely N-dealkylation sites (tertiary alicyclic amines) is 1. The van der Waals surface area contributed by atoms with Crippen LogP contribution in [0.15, 0.2) is 23.3 Å². The van der Waals surface area contributed by atoms with Crippen molar-refractivity contribution >= 4 is 5.91 Å². The monoisotopic (exact) mass is 421 g/mol. The Labute approximate surface area is 182 Å². The van der Waals surface area contributed by atoms with Gasteiger partial charge in [0, 0.05) is 37.0 Å². The summed E-state index contributed by atoms with van der Waals surface area (Å²) in [6.07, 6.45) is 12.7. The summed E-state index contributed by atoms with van der Waals surface area (Å²) >= 11 is 0. The molecule has 1 saturated carbocycles. The number of nitrogens with one attached hydrogen (secondary N) is 1. The zero-order valence-electron chi connectivity index (χ0n) is 18.3. The number of carbonyl (C=O) groups excluding carboxylic acids is 1. The minimum atomic E-state index is -0.0838. The molecule has 0 radical (unpaired) electrons. The van der Waals surface area contributed by atoms with E-state index in [4.69, 9.17) is 4.98 Å². The molecule has 0 aromatic carbocycles. The number of hydrogen-bond donors (Lipinski definition) is 1. The molecule has 5 rings (SSSR count). The first-order chi connectivity index (χ1) is 15.1. The van der Waals surface area contributed by atoms with Gasteiger partial charge in [0.1, 0.15) is 5.82 Å². The lowest BCUT2D eigenvalue weighted by atomic mass is 9.93. The van der Waals surface area contributed by atoms with Crippen LogP contribution in [0.4, 0.5) is 0 Å². The van der Waals surface area contributed by atoms with Crippen molar-refractivity contribution in [2.75, 3.05) is 13.1 Å². The van der Waals surface area contributed by atoms with Gasteiger partial charge in [-0.05, 0) is 50.8 Å². The number of nitrogens with zero attached hydrogens (tertiary/aromatic N) is 4. The van der Waals surface area contributed by atoms with Crippen molar-refractivity contribution in [3.63, 3.8) is 0 Å². The molecule has 31 heavy (non-hydrogen) atoms. The standard InChI is InChI=1S/C24H31N5O2/c1-16-14-25-11-9-18(16)24(31)28-13-10-20-19(15-28)23(30)27-22(26-20)21-8-5-12-29(21)17-6-3-2-4-7-17/h9,11,14,17,21H,2-8,10,12-13,15H2,1H3,(H,26,27,30). The summed E-state index contributed by atoms with van der Waals surface area (Å²) < 4.78 is 0. The number of hydrogen-bond acceptors (Lipinski definition) is 5. The van der Waals surface area contributed by atoms with Gasteiger partial charge in [0.15, 0.2) is 0 Å². The molecule has 2 aromatic heterocycles. The highest BCUT2D eigenvalue weighted by molar-refractivity contribution is 5.95. The molecular formula is C24H31N5O2. The number of aryl methyl sites for hydroxylation is 1. The lowest BCUT2D eigenvalue weighted by Crippen LogP contribution is -2.41. The summed E-state index contributed by atoms with van der Waals surface area (Å²) in [6.45, 7) is 3.89. The van der Waals surface area contributed by atoms with Crippen LogP contribution in [0.5, 0.6) is 0 Å². The highest BCUT2D eigenvalue weighted by atomic mass is 16.2. The zero-order valence-corrected chi connectivity index (χ0v) is 18.3. The highest BCUT2D eigenvalue weighted by Crippen LogP contribution is 2.36. The first-order valence-electron chi connectivity index (χ1n) is 11.7. The molecule has 2 fully saturated rings. The Morgan fingerprint density at radius 3 is 2.77 bits per heavy atom. The third kappa shape index (κ3) is 3.91. The van der Waals surface area contributed by atoms with Crippen molar-refractivity contribution in [1.29, 1.82) is 0 Å². The molecule has 1 amide bonds. The van der Waals surface area contributed by atoms with Crippen LogP contribution in [0, 0.1) is 6.92 Å². The van der Waals surface area contributed by atoms with Crippen LogP contribution < -0.4 is 5.56 Å². The van der Waals surface area contributed by atoms with E-state index in [-0.39, 0.29) is 17.5 Å². The zero-order chi connectivity index (χ0) is 21.4. The van der Waals surface area contributed by atoms with Gasteiger partial charge in [0.2, 0.25) is 0 Å². The SMILES string of the molecule is Cc1cnccc1C(=O)N1CCc2nc(C3CCCN3C3CCCCC3)[nH]c(=O)c2C1. The van der Waals surface area contributed by atoms with Gasteiger partial charge in [-0.1, -0.05) is 19.3 Å². The molecule has 4 heterocycles. The molecule has 7 heteroatoms. The van der Waals surface area contributed by atoms with E-state index < -0.39 is 0 Å². The Morgan fingerprint density at radius 1 is 1.13 bits per heavy atom. The highest BCUT2D eigenvalue weighted by Gasteiger charge is 2.35. The van der Waals surface area contributed by atoms with Gasteiger partial charge in [-0.2, -0.15) is 0 Å². The fourth-order valence-electron chi connectivity index (χ4n) is 5.59. The van der Waals surface area contributed by atoms with Crippen molar-refractivity contribution in [3.05, 3.63) is 57.0 Å². The number of carbonyl (C=O) groups is 1. The van der Waals surface area contributed by atoms with Gasteiger partial charge in [-0.3, -0.25) is 19.5 Å². The molecule has 1 aliphatic carbocycles. The number of fused-ring (bicyclic) bond motifs is 1. The normalized spacial score (nSPS) is 22.5. The number of aromatic amines is 1. The first kappa shape index (κ1) is 20.4. The van der Waals surface area contributed by atoms with Gasteiger partial charge in [-0.25, -0.2) is 4.98 Å². The molecule has 0 bridgehead atoms. The lowest BCUT2D eigenvalue weighted by molar-refractivity contribution is 0.0731. The summed E-state index contributed by atoms with van der Waals surface area (Å²) in [5.41, 5.74) is 2.92. The van der Waals surface area contributed by atoms with Gasteiger partial charge < -0.3 is 9.88 Å². The summed E-state index contributed by atoms with van der Waals surface area (Å²) in [7, 11) is 0. The van der Waals surface area contributed by atoms with Crippen LogP contribution in [0.25, 0.3) is 0 Å². The summed E-state index contributed by atoms with van der Waals surface area (Å²) in [6, 6.07) is 2.60. The number of H-pyrrole nitrogens is 1. The Morgan fingerprint density at radius 2 is 1.97 bits per heavy atom. The number of amides is 1. The second-order valence-electron chi connectivity index (χ2n) is 9.23. The molecule has 1 N–H and O–H groups in total. The molecule has 0 spiro atoms. The predicted octanol–water partition coefficient (Wildman–Crippen LogP) is 3.14. The van der Waals surface area contributed by atoms with Crippen molar-refractivity contribution in [2.24, 2.45) is 0 Å². The van der Waals surface area contributed by atoms with Gasteiger partial charge in [0.05, 0.1) is 23.8 Å². The third-order valence-electron chi connectivity index (χ3n) is 7.28. The quantitative estimate of drug-likeness (QED) is 0.823. The summed E-state index contributed by atoms with van der Waals surface area (Å²) in [5.74, 6) is 0.782. The maximum absolute atomic E-state index is 13.0. The minimum Gasteiger partial charge on any atom is -0.334 e. The van der Waals surface area contributed by atoms with Crippen molar-refractivity contribution in [2.45, 2.75) is 76.9 Å². The molecule has 2 aromatic rings. The van der Waals surface area contributed by atoms with E-state index in [0.29, 0.717) is 36.7 Å². The Kier molecular flexibility index (Phi) is 5.61. The van der Waals surface area contributed by atoms with Gasteiger partial charge in [-0.15, -0.1) is 0 Å². The molecule has 2 aliphatic heterocycles. The second-order valence-corrected chi connectivity index (χ2v) is 9.23. The van der Waals surface area contributed by atoms with E-state index in [2.05, 4.69) is 14.9 Å². The van der Waals surface area contributed by atoms with Crippen molar-refractivity contribution in [1.82, 2.24) is 24.8 Å². The van der Waals surface area contributed by atoms with E-state index >= 15 is 0 Å². The molecule has 164 valence electrons. The Hall–Kier alpha value is -2.54. The van der Waals surface area contributed by atoms with Crippen LogP contribution in [0.3, 0.4) is 0 Å². The van der Waals surface area contributed by atoms with E-state index in [1.54, 1.807) is 23.4 Å². The third-order valence-corrected chi connectivity index (χ3v) is 7.28. The lowest BCUT2D eigenvalue weighted by Gasteiger charge is -2.35. The van der Waals surface area contributed by atoms with Crippen molar-refractivity contribution in [3.8, 4) is 0 Å². The second kappa shape index (κ2) is 8.54. The smallest absolute Gasteiger partial charge is 0.256 e. The van der Waals surface area contributed by atoms with E-state index in [0.717, 1.165) is 36.5 Å². The molecule has 3 aliphatic rings. The van der Waals surface area contributed by atoms with E-state index in [1.807, 2.05) is 6.92 Å². The fraction of sp³-hybridized carbons (Fsp3) is 0.583. The summed E-state index contributed by atoms with van der Waals surface area (Å²) in [4.78, 5) is 42.5.